The van der Waals surface area contributed by atoms with Gasteiger partial charge in [-0.05, 0) is 47.1 Å². The molecular weight excluding hydrogens is 280 g/mol. The van der Waals surface area contributed by atoms with E-state index in [2.05, 4.69) is 37.9 Å². The molecular formula is C16H32N4O2. The van der Waals surface area contributed by atoms with Gasteiger partial charge in [-0.3, -0.25) is 19.4 Å². The summed E-state index contributed by atoms with van der Waals surface area (Å²) in [5, 5.41) is 3.04. The minimum atomic E-state index is -0.328. The van der Waals surface area contributed by atoms with Crippen molar-refractivity contribution in [2.75, 3.05) is 32.7 Å². The zero-order chi connectivity index (χ0) is 16.7. The van der Waals surface area contributed by atoms with Crippen molar-refractivity contribution in [2.24, 2.45) is 11.7 Å². The predicted molar refractivity (Wildman–Crippen MR) is 88.3 cm³/mol. The van der Waals surface area contributed by atoms with Crippen LogP contribution in [-0.4, -0.2) is 66.4 Å². The van der Waals surface area contributed by atoms with Crippen LogP contribution in [-0.2, 0) is 9.59 Å². The summed E-state index contributed by atoms with van der Waals surface area (Å²) in [7, 11) is 0. The van der Waals surface area contributed by atoms with Crippen molar-refractivity contribution in [3.05, 3.63) is 0 Å². The highest BCUT2D eigenvalue weighted by atomic mass is 16.2. The number of hydrogen-bond acceptors (Lipinski definition) is 4. The molecule has 22 heavy (non-hydrogen) atoms. The summed E-state index contributed by atoms with van der Waals surface area (Å²) in [6, 6.07) is 0.940. The second kappa shape index (κ2) is 9.10. The second-order valence-electron chi connectivity index (χ2n) is 6.76. The SMILES string of the molecule is CC(C)N(CCNC(=O)[C@@H]1CCCN(CC(N)=O)C1)C(C)C. The molecule has 0 aromatic heterocycles. The van der Waals surface area contributed by atoms with E-state index in [1.165, 1.54) is 0 Å². The number of nitrogens with one attached hydrogen (secondary N) is 1. The molecule has 0 unspecified atom stereocenters. The molecule has 0 spiro atoms. The third-order valence-corrected chi connectivity index (χ3v) is 4.25. The maximum absolute atomic E-state index is 12.3. The Hall–Kier alpha value is -1.14. The fourth-order valence-electron chi connectivity index (χ4n) is 3.20. The van der Waals surface area contributed by atoms with E-state index in [9.17, 15) is 9.59 Å². The Kier molecular flexibility index (Phi) is 7.82. The minimum absolute atomic E-state index is 0.0281. The van der Waals surface area contributed by atoms with Gasteiger partial charge in [0, 0.05) is 31.7 Å². The van der Waals surface area contributed by atoms with Crippen LogP contribution < -0.4 is 11.1 Å². The normalized spacial score (nSPS) is 19.9. The van der Waals surface area contributed by atoms with E-state index in [4.69, 9.17) is 5.73 Å². The summed E-state index contributed by atoms with van der Waals surface area (Å²) in [5.74, 6) is -0.258. The molecule has 1 aliphatic rings. The molecule has 1 fully saturated rings. The fraction of sp³-hybridized carbons (Fsp3) is 0.875. The summed E-state index contributed by atoms with van der Waals surface area (Å²) in [6.45, 7) is 11.9. The summed E-state index contributed by atoms with van der Waals surface area (Å²) in [4.78, 5) is 27.6. The number of likely N-dealkylation sites (tertiary alicyclic amines) is 1. The van der Waals surface area contributed by atoms with Gasteiger partial charge in [0.2, 0.25) is 11.8 Å². The molecule has 0 saturated carbocycles. The number of carbonyl (C=O) groups is 2. The van der Waals surface area contributed by atoms with E-state index in [-0.39, 0.29) is 24.3 Å². The summed E-state index contributed by atoms with van der Waals surface area (Å²) in [5.41, 5.74) is 5.23. The lowest BCUT2D eigenvalue weighted by molar-refractivity contribution is -0.128. The predicted octanol–water partition coefficient (Wildman–Crippen LogP) is 0.419. The van der Waals surface area contributed by atoms with Gasteiger partial charge in [-0.1, -0.05) is 0 Å². The first-order valence-corrected chi connectivity index (χ1v) is 8.35. The third-order valence-electron chi connectivity index (χ3n) is 4.25. The molecule has 0 aromatic rings. The van der Waals surface area contributed by atoms with Crippen LogP contribution in [0, 0.1) is 5.92 Å². The number of carbonyl (C=O) groups excluding carboxylic acids is 2. The van der Waals surface area contributed by atoms with Crippen molar-refractivity contribution in [3.63, 3.8) is 0 Å². The minimum Gasteiger partial charge on any atom is -0.369 e. The maximum Gasteiger partial charge on any atom is 0.231 e. The first-order chi connectivity index (χ1) is 10.3. The van der Waals surface area contributed by atoms with Gasteiger partial charge in [-0.15, -0.1) is 0 Å². The molecule has 0 bridgehead atoms. The standard InChI is InChI=1S/C16H32N4O2/c1-12(2)20(13(3)4)9-7-18-16(22)14-6-5-8-19(10-14)11-15(17)21/h12-14H,5-11H2,1-4H3,(H2,17,21)(H,18,22)/t14-/m1/s1. The van der Waals surface area contributed by atoms with Gasteiger partial charge < -0.3 is 11.1 Å². The third kappa shape index (κ3) is 6.32. The zero-order valence-corrected chi connectivity index (χ0v) is 14.5. The van der Waals surface area contributed by atoms with Gasteiger partial charge in [0.15, 0.2) is 0 Å². The molecule has 128 valence electrons. The maximum atomic E-state index is 12.3. The van der Waals surface area contributed by atoms with Crippen LogP contribution in [0.1, 0.15) is 40.5 Å². The molecule has 0 aliphatic carbocycles. The van der Waals surface area contributed by atoms with Gasteiger partial charge in [0.05, 0.1) is 12.5 Å². The lowest BCUT2D eigenvalue weighted by Crippen LogP contribution is -2.47. The molecule has 3 N–H and O–H groups in total. The van der Waals surface area contributed by atoms with Crippen LogP contribution >= 0.6 is 0 Å². The monoisotopic (exact) mass is 312 g/mol. The number of piperidine rings is 1. The molecule has 1 saturated heterocycles. The van der Waals surface area contributed by atoms with Gasteiger partial charge in [-0.2, -0.15) is 0 Å². The van der Waals surface area contributed by atoms with E-state index in [1.54, 1.807) is 0 Å². The van der Waals surface area contributed by atoms with Gasteiger partial charge in [0.25, 0.3) is 0 Å². The Labute approximate surface area is 134 Å². The Morgan fingerprint density at radius 1 is 1.27 bits per heavy atom. The van der Waals surface area contributed by atoms with Crippen molar-refractivity contribution in [3.8, 4) is 0 Å². The molecule has 1 aliphatic heterocycles. The number of rotatable bonds is 8. The van der Waals surface area contributed by atoms with Crippen LogP contribution in [0.2, 0.25) is 0 Å². The van der Waals surface area contributed by atoms with Gasteiger partial charge >= 0.3 is 0 Å². The number of hydrogen-bond donors (Lipinski definition) is 2. The average Bonchev–Trinajstić information content (AvgIpc) is 2.42. The van der Waals surface area contributed by atoms with Crippen molar-refractivity contribution < 1.29 is 9.59 Å². The molecule has 0 radical (unpaired) electrons. The molecule has 0 aromatic carbocycles. The average molecular weight is 312 g/mol. The number of primary amides is 1. The van der Waals surface area contributed by atoms with E-state index >= 15 is 0 Å². The molecule has 6 heteroatoms. The highest BCUT2D eigenvalue weighted by Gasteiger charge is 2.26. The van der Waals surface area contributed by atoms with Crippen molar-refractivity contribution in [1.82, 2.24) is 15.1 Å². The summed E-state index contributed by atoms with van der Waals surface area (Å²) in [6.07, 6.45) is 1.83. The fourth-order valence-corrected chi connectivity index (χ4v) is 3.20. The van der Waals surface area contributed by atoms with Crippen LogP contribution in [0.4, 0.5) is 0 Å². The number of nitrogens with two attached hydrogens (primary N) is 1. The molecule has 1 heterocycles. The van der Waals surface area contributed by atoms with Crippen molar-refractivity contribution in [1.29, 1.82) is 0 Å². The zero-order valence-electron chi connectivity index (χ0n) is 14.5. The summed E-state index contributed by atoms with van der Waals surface area (Å²) < 4.78 is 0. The molecule has 1 rings (SSSR count). The Bertz CT molecular complexity index is 363. The van der Waals surface area contributed by atoms with E-state index < -0.39 is 0 Å². The molecule has 2 amide bonds. The van der Waals surface area contributed by atoms with Crippen LogP contribution in [0.15, 0.2) is 0 Å². The molecule has 6 nitrogen and oxygen atoms in total. The van der Waals surface area contributed by atoms with Gasteiger partial charge in [-0.25, -0.2) is 0 Å². The van der Waals surface area contributed by atoms with Gasteiger partial charge in [0.1, 0.15) is 0 Å². The highest BCUT2D eigenvalue weighted by molar-refractivity contribution is 5.79. The first kappa shape index (κ1) is 18.9. The Morgan fingerprint density at radius 2 is 1.91 bits per heavy atom. The van der Waals surface area contributed by atoms with Crippen LogP contribution in [0.3, 0.4) is 0 Å². The van der Waals surface area contributed by atoms with Crippen LogP contribution in [0.5, 0.6) is 0 Å². The van der Waals surface area contributed by atoms with E-state index in [1.807, 2.05) is 4.90 Å². The van der Waals surface area contributed by atoms with E-state index in [0.29, 0.717) is 25.2 Å². The van der Waals surface area contributed by atoms with Crippen molar-refractivity contribution >= 4 is 11.8 Å². The Morgan fingerprint density at radius 3 is 2.45 bits per heavy atom. The van der Waals surface area contributed by atoms with Crippen molar-refractivity contribution in [2.45, 2.75) is 52.6 Å². The second-order valence-corrected chi connectivity index (χ2v) is 6.76. The highest BCUT2D eigenvalue weighted by Crippen LogP contribution is 2.16. The lowest BCUT2D eigenvalue weighted by Gasteiger charge is -2.32. The van der Waals surface area contributed by atoms with E-state index in [0.717, 1.165) is 25.9 Å². The number of amides is 2. The molecule has 1 atom stereocenters. The number of nitrogens with zero attached hydrogens (tertiary/aromatic N) is 2. The smallest absolute Gasteiger partial charge is 0.231 e. The summed E-state index contributed by atoms with van der Waals surface area (Å²) >= 11 is 0. The Balaban J connectivity index is 2.36. The first-order valence-electron chi connectivity index (χ1n) is 8.35. The lowest BCUT2D eigenvalue weighted by atomic mass is 9.97. The quantitative estimate of drug-likeness (QED) is 0.681. The van der Waals surface area contributed by atoms with Crippen LogP contribution in [0.25, 0.3) is 0 Å². The largest absolute Gasteiger partial charge is 0.369 e. The topological polar surface area (TPSA) is 78.7 Å².